The van der Waals surface area contributed by atoms with Crippen LogP contribution >= 0.6 is 0 Å². The number of nitrogens with zero attached hydrogens (tertiary/aromatic N) is 1. The third kappa shape index (κ3) is 6.85. The van der Waals surface area contributed by atoms with E-state index in [9.17, 15) is 13.2 Å². The van der Waals surface area contributed by atoms with E-state index in [-0.39, 0.29) is 13.2 Å². The van der Waals surface area contributed by atoms with Crippen LogP contribution in [0.1, 0.15) is 17.5 Å². The molecule has 0 radical (unpaired) electrons. The van der Waals surface area contributed by atoms with Gasteiger partial charge in [-0.05, 0) is 24.7 Å². The van der Waals surface area contributed by atoms with Crippen molar-refractivity contribution in [2.24, 2.45) is 0 Å². The average molecular weight is 271 g/mol. The van der Waals surface area contributed by atoms with Gasteiger partial charge in [-0.2, -0.15) is 13.2 Å². The third-order valence-electron chi connectivity index (χ3n) is 2.47. The van der Waals surface area contributed by atoms with Gasteiger partial charge in [0.1, 0.15) is 6.61 Å². The minimum absolute atomic E-state index is 0.0317. The lowest BCUT2D eigenvalue weighted by Gasteiger charge is -2.17. The Bertz CT molecular complexity index is 460. The van der Waals surface area contributed by atoms with Gasteiger partial charge in [0.2, 0.25) is 0 Å². The molecule has 0 saturated carbocycles. The molecule has 0 heterocycles. The molecule has 5 heteroatoms. The zero-order chi connectivity index (χ0) is 14.3. The van der Waals surface area contributed by atoms with Gasteiger partial charge in [0.25, 0.3) is 0 Å². The highest BCUT2D eigenvalue weighted by atomic mass is 19.4. The molecule has 19 heavy (non-hydrogen) atoms. The first kappa shape index (κ1) is 15.5. The monoisotopic (exact) mass is 271 g/mol. The Balaban J connectivity index is 2.57. The highest BCUT2D eigenvalue weighted by molar-refractivity contribution is 5.37. The smallest absolute Gasteiger partial charge is 0.384 e. The van der Waals surface area contributed by atoms with Gasteiger partial charge in [0, 0.05) is 18.7 Å². The number of rotatable bonds is 4. The molecule has 0 aliphatic heterocycles. The molecule has 1 aromatic rings. The Morgan fingerprint density at radius 1 is 1.32 bits per heavy atom. The van der Waals surface area contributed by atoms with Crippen LogP contribution in [0.4, 0.5) is 13.2 Å². The van der Waals surface area contributed by atoms with Gasteiger partial charge < -0.3 is 10.0 Å². The summed E-state index contributed by atoms with van der Waals surface area (Å²) in [6.45, 7) is 0.191. The first-order valence-electron chi connectivity index (χ1n) is 5.84. The van der Waals surface area contributed by atoms with E-state index in [0.717, 1.165) is 11.1 Å². The summed E-state index contributed by atoms with van der Waals surface area (Å²) in [5, 5.41) is 8.60. The molecule has 104 valence electrons. The molecule has 0 atom stereocenters. The summed E-state index contributed by atoms with van der Waals surface area (Å²) in [6, 6.07) is 7.25. The summed E-state index contributed by atoms with van der Waals surface area (Å²) in [5.74, 6) is 5.30. The molecule has 1 aromatic carbocycles. The number of halogens is 3. The molecule has 0 aliphatic carbocycles. The number of aliphatic hydroxyl groups is 1. The number of hydrogen-bond acceptors (Lipinski definition) is 2. The molecular formula is C14H16F3NO. The van der Waals surface area contributed by atoms with Crippen LogP contribution in [0.2, 0.25) is 0 Å². The molecule has 1 N–H and O–H groups in total. The minimum atomic E-state index is -4.12. The second kappa shape index (κ2) is 7.17. The quantitative estimate of drug-likeness (QED) is 0.850. The van der Waals surface area contributed by atoms with Gasteiger partial charge in [0.05, 0.1) is 6.42 Å². The number of aliphatic hydroxyl groups excluding tert-OH is 1. The van der Waals surface area contributed by atoms with Gasteiger partial charge in [-0.25, -0.2) is 0 Å². The van der Waals surface area contributed by atoms with Crippen molar-refractivity contribution >= 4 is 0 Å². The van der Waals surface area contributed by atoms with Crippen molar-refractivity contribution in [3.63, 3.8) is 0 Å². The predicted octanol–water partition coefficient (Wildman–Crippen LogP) is 2.41. The summed E-state index contributed by atoms with van der Waals surface area (Å²) >= 11 is 0. The van der Waals surface area contributed by atoms with Gasteiger partial charge >= 0.3 is 6.18 Å². The molecule has 0 saturated heterocycles. The van der Waals surface area contributed by atoms with Crippen molar-refractivity contribution in [1.29, 1.82) is 0 Å². The lowest BCUT2D eigenvalue weighted by molar-refractivity contribution is -0.137. The van der Waals surface area contributed by atoms with Gasteiger partial charge in [-0.1, -0.05) is 24.0 Å². The van der Waals surface area contributed by atoms with Crippen LogP contribution in [0.15, 0.2) is 24.3 Å². The molecule has 0 amide bonds. The number of alkyl halides is 3. The third-order valence-corrected chi connectivity index (χ3v) is 2.47. The lowest BCUT2D eigenvalue weighted by atomic mass is 10.1. The molecular weight excluding hydrogens is 255 g/mol. The zero-order valence-electron chi connectivity index (χ0n) is 10.7. The summed E-state index contributed by atoms with van der Waals surface area (Å²) in [4.78, 5) is 1.62. The Morgan fingerprint density at radius 2 is 2.05 bits per heavy atom. The maximum absolute atomic E-state index is 12.1. The van der Waals surface area contributed by atoms with E-state index < -0.39 is 12.6 Å². The molecule has 2 nitrogen and oxygen atoms in total. The van der Waals surface area contributed by atoms with E-state index in [2.05, 4.69) is 11.8 Å². The maximum Gasteiger partial charge on any atom is 0.390 e. The van der Waals surface area contributed by atoms with E-state index >= 15 is 0 Å². The first-order chi connectivity index (χ1) is 8.90. The fourth-order valence-corrected chi connectivity index (χ4v) is 1.60. The zero-order valence-corrected chi connectivity index (χ0v) is 10.7. The number of hydrogen-bond donors (Lipinski definition) is 1. The predicted molar refractivity (Wildman–Crippen MR) is 67.4 cm³/mol. The Morgan fingerprint density at radius 3 is 2.68 bits per heavy atom. The fourth-order valence-electron chi connectivity index (χ4n) is 1.60. The van der Waals surface area contributed by atoms with Crippen LogP contribution in [0, 0.1) is 11.8 Å². The van der Waals surface area contributed by atoms with Crippen LogP contribution in [-0.2, 0) is 6.54 Å². The summed E-state index contributed by atoms with van der Waals surface area (Å²) < 4.78 is 36.3. The van der Waals surface area contributed by atoms with Gasteiger partial charge in [-0.3, -0.25) is 0 Å². The van der Waals surface area contributed by atoms with Crippen LogP contribution in [0.25, 0.3) is 0 Å². The highest BCUT2D eigenvalue weighted by Gasteiger charge is 2.26. The lowest BCUT2D eigenvalue weighted by Crippen LogP contribution is -2.24. The molecule has 0 unspecified atom stereocenters. The normalized spacial score (nSPS) is 11.3. The van der Waals surface area contributed by atoms with Crippen LogP contribution in [0.3, 0.4) is 0 Å². The summed E-state index contributed by atoms with van der Waals surface area (Å²) in [5.41, 5.74) is 1.64. The van der Waals surface area contributed by atoms with Crippen LogP contribution < -0.4 is 0 Å². The number of benzene rings is 1. The van der Waals surface area contributed by atoms with E-state index in [1.807, 2.05) is 12.1 Å². The van der Waals surface area contributed by atoms with Crippen molar-refractivity contribution in [1.82, 2.24) is 4.90 Å². The van der Waals surface area contributed by atoms with E-state index in [1.165, 1.54) is 0 Å². The second-order valence-corrected chi connectivity index (χ2v) is 4.26. The Labute approximate surface area is 110 Å². The molecule has 0 fully saturated rings. The molecule has 0 aromatic heterocycles. The highest BCUT2D eigenvalue weighted by Crippen LogP contribution is 2.19. The topological polar surface area (TPSA) is 23.5 Å². The average Bonchev–Trinajstić information content (AvgIpc) is 2.33. The summed E-state index contributed by atoms with van der Waals surface area (Å²) in [7, 11) is 1.65. The van der Waals surface area contributed by atoms with E-state index in [0.29, 0.717) is 6.54 Å². The van der Waals surface area contributed by atoms with Crippen molar-refractivity contribution in [3.05, 3.63) is 35.4 Å². The molecule has 0 bridgehead atoms. The van der Waals surface area contributed by atoms with Crippen molar-refractivity contribution in [2.75, 3.05) is 20.2 Å². The maximum atomic E-state index is 12.1. The first-order valence-corrected chi connectivity index (χ1v) is 5.84. The Kier molecular flexibility index (Phi) is 5.87. The molecule has 0 aliphatic rings. The van der Waals surface area contributed by atoms with E-state index in [1.54, 1.807) is 24.1 Å². The van der Waals surface area contributed by atoms with Crippen molar-refractivity contribution in [2.45, 2.75) is 19.1 Å². The molecule has 1 rings (SSSR count). The van der Waals surface area contributed by atoms with Gasteiger partial charge in [-0.15, -0.1) is 0 Å². The van der Waals surface area contributed by atoms with Crippen LogP contribution in [-0.4, -0.2) is 36.4 Å². The fraction of sp³-hybridized carbons (Fsp3) is 0.429. The minimum Gasteiger partial charge on any atom is -0.384 e. The largest absolute Gasteiger partial charge is 0.390 e. The SMILES string of the molecule is CN(CCC(F)(F)F)Cc1cccc(C#CCO)c1. The summed E-state index contributed by atoms with van der Waals surface area (Å²) in [6.07, 6.45) is -4.93. The van der Waals surface area contributed by atoms with Gasteiger partial charge in [0.15, 0.2) is 0 Å². The van der Waals surface area contributed by atoms with E-state index in [4.69, 9.17) is 5.11 Å². The van der Waals surface area contributed by atoms with Crippen LogP contribution in [0.5, 0.6) is 0 Å². The standard InChI is InChI=1S/C14H16F3NO/c1-18(8-7-14(15,16)17)11-13-5-2-4-12(10-13)6-3-9-19/h2,4-5,10,19H,7-9,11H2,1H3. The van der Waals surface area contributed by atoms with Crippen molar-refractivity contribution in [3.8, 4) is 11.8 Å². The van der Waals surface area contributed by atoms with Crippen molar-refractivity contribution < 1.29 is 18.3 Å². The molecule has 0 spiro atoms. The second-order valence-electron chi connectivity index (χ2n) is 4.26. The Hall–Kier alpha value is -1.51.